The first-order valence-electron chi connectivity index (χ1n) is 10.1. The second kappa shape index (κ2) is 8.45. The maximum absolute atomic E-state index is 11.1. The largest absolute Gasteiger partial charge is 0.464 e. The number of hydrogen-bond donors (Lipinski definition) is 3. The Morgan fingerprint density at radius 3 is 2.20 bits per heavy atom. The van der Waals surface area contributed by atoms with Gasteiger partial charge < -0.3 is 20.0 Å². The van der Waals surface area contributed by atoms with Crippen molar-refractivity contribution >= 4 is 33.7 Å². The molecule has 0 aliphatic carbocycles. The van der Waals surface area contributed by atoms with Crippen molar-refractivity contribution in [3.05, 3.63) is 60.0 Å². The zero-order chi connectivity index (χ0) is 21.1. The normalized spacial score (nSPS) is 11.1. The Morgan fingerprint density at radius 2 is 1.50 bits per heavy atom. The maximum atomic E-state index is 11.1. The molecule has 30 heavy (non-hydrogen) atoms. The molecule has 6 nitrogen and oxygen atoms in total. The first-order chi connectivity index (χ1) is 14.5. The van der Waals surface area contributed by atoms with Gasteiger partial charge in [-0.1, -0.05) is 12.1 Å². The monoisotopic (exact) mass is 403 g/mol. The van der Waals surface area contributed by atoms with Crippen LogP contribution < -0.4 is 10.6 Å². The second-order valence-electron chi connectivity index (χ2n) is 7.51. The number of hydrogen-bond acceptors (Lipinski definition) is 3. The van der Waals surface area contributed by atoms with Crippen LogP contribution in [-0.4, -0.2) is 29.9 Å². The van der Waals surface area contributed by atoms with Gasteiger partial charge in [-0.2, -0.15) is 0 Å². The van der Waals surface area contributed by atoms with Gasteiger partial charge in [0.1, 0.15) is 5.58 Å². The molecule has 2 aromatic heterocycles. The van der Waals surface area contributed by atoms with Gasteiger partial charge in [0.2, 0.25) is 11.8 Å². The van der Waals surface area contributed by atoms with Crippen molar-refractivity contribution in [3.8, 4) is 11.1 Å². The van der Waals surface area contributed by atoms with Crippen LogP contribution in [0.25, 0.3) is 33.0 Å². The Bertz CT molecular complexity index is 1120. The van der Waals surface area contributed by atoms with Crippen molar-refractivity contribution in [2.24, 2.45) is 0 Å². The van der Waals surface area contributed by atoms with Gasteiger partial charge in [-0.15, -0.1) is 0 Å². The third kappa shape index (κ3) is 4.22. The summed E-state index contributed by atoms with van der Waals surface area (Å²) in [6.45, 7) is 4.25. The van der Waals surface area contributed by atoms with Crippen LogP contribution in [0.3, 0.4) is 0 Å². The minimum atomic E-state index is -0.0300. The molecule has 4 rings (SSSR count). The Hall–Kier alpha value is -3.54. The molecule has 0 saturated heterocycles. The highest BCUT2D eigenvalue weighted by Gasteiger charge is 2.10. The van der Waals surface area contributed by atoms with Gasteiger partial charge in [0.05, 0.1) is 6.26 Å². The van der Waals surface area contributed by atoms with E-state index in [4.69, 9.17) is 4.42 Å². The summed E-state index contributed by atoms with van der Waals surface area (Å²) in [7, 11) is 0. The van der Waals surface area contributed by atoms with Crippen LogP contribution in [-0.2, 0) is 22.4 Å². The number of carbonyl (C=O) groups excluding carboxylic acids is 2. The van der Waals surface area contributed by atoms with E-state index in [0.29, 0.717) is 13.1 Å². The lowest BCUT2D eigenvalue weighted by Crippen LogP contribution is -2.22. The van der Waals surface area contributed by atoms with E-state index >= 15 is 0 Å². The summed E-state index contributed by atoms with van der Waals surface area (Å²) in [6, 6.07) is 12.6. The number of carbonyl (C=O) groups is 2. The van der Waals surface area contributed by atoms with Gasteiger partial charge in [-0.3, -0.25) is 9.59 Å². The number of nitrogens with one attached hydrogen (secondary N) is 3. The summed E-state index contributed by atoms with van der Waals surface area (Å²) in [6.07, 6.45) is 5.28. The van der Waals surface area contributed by atoms with Gasteiger partial charge in [0.25, 0.3) is 0 Å². The number of fused-ring (bicyclic) bond motifs is 2. The third-order valence-electron chi connectivity index (χ3n) is 5.29. The molecular formula is C24H25N3O3. The fourth-order valence-electron chi connectivity index (χ4n) is 3.77. The molecule has 4 aromatic rings. The fourth-order valence-corrected chi connectivity index (χ4v) is 3.77. The molecule has 0 unspecified atom stereocenters. The number of amides is 2. The second-order valence-corrected chi connectivity index (χ2v) is 7.51. The van der Waals surface area contributed by atoms with Crippen LogP contribution in [0.5, 0.6) is 0 Å². The number of furan rings is 1. The number of H-pyrrole nitrogens is 1. The van der Waals surface area contributed by atoms with Crippen LogP contribution in [0.2, 0.25) is 0 Å². The number of aromatic amines is 1. The van der Waals surface area contributed by atoms with E-state index in [-0.39, 0.29) is 11.8 Å². The molecule has 0 aliphatic heterocycles. The lowest BCUT2D eigenvalue weighted by molar-refractivity contribution is -0.119. The zero-order valence-corrected chi connectivity index (χ0v) is 17.2. The molecular weight excluding hydrogens is 378 g/mol. The highest BCUT2D eigenvalue weighted by molar-refractivity contribution is 5.91. The molecule has 0 saturated carbocycles. The van der Waals surface area contributed by atoms with E-state index in [1.54, 1.807) is 6.26 Å². The maximum Gasteiger partial charge on any atom is 0.216 e. The fraction of sp³-hybridized carbons (Fsp3) is 0.250. The summed E-state index contributed by atoms with van der Waals surface area (Å²) in [5.41, 5.74) is 6.42. The Labute approximate surface area is 174 Å². The smallest absolute Gasteiger partial charge is 0.216 e. The van der Waals surface area contributed by atoms with E-state index in [2.05, 4.69) is 45.9 Å². The highest BCUT2D eigenvalue weighted by atomic mass is 16.3. The third-order valence-corrected chi connectivity index (χ3v) is 5.29. The van der Waals surface area contributed by atoms with Crippen LogP contribution >= 0.6 is 0 Å². The van der Waals surface area contributed by atoms with Gasteiger partial charge in [0.15, 0.2) is 0 Å². The molecule has 0 radical (unpaired) electrons. The van der Waals surface area contributed by atoms with E-state index in [1.807, 2.05) is 12.3 Å². The standard InChI is InChI=1S/C24H25N3O3/c1-15(28)25-9-7-19-13-27-23-5-3-17(11-21(19)23)18-4-6-24-22(12-18)20(14-30-24)8-10-26-16(2)29/h3-6,11-14,27H,7-10H2,1-2H3,(H,25,28)(H,26,29). The topological polar surface area (TPSA) is 87.1 Å². The van der Waals surface area contributed by atoms with Crippen molar-refractivity contribution in [1.29, 1.82) is 0 Å². The molecule has 154 valence electrons. The summed E-state index contributed by atoms with van der Waals surface area (Å²) < 4.78 is 5.69. The molecule has 6 heteroatoms. The predicted octanol–water partition coefficient (Wildman–Crippen LogP) is 3.94. The van der Waals surface area contributed by atoms with Gasteiger partial charge in [-0.05, 0) is 59.4 Å². The van der Waals surface area contributed by atoms with E-state index in [0.717, 1.165) is 51.4 Å². The molecule has 2 heterocycles. The Balaban J connectivity index is 1.62. The molecule has 2 amide bonds. The van der Waals surface area contributed by atoms with Crippen molar-refractivity contribution in [3.63, 3.8) is 0 Å². The summed E-state index contributed by atoms with van der Waals surface area (Å²) in [5.74, 6) is -0.0455. The highest BCUT2D eigenvalue weighted by Crippen LogP contribution is 2.31. The van der Waals surface area contributed by atoms with Gasteiger partial charge in [0, 0.05) is 49.4 Å². The van der Waals surface area contributed by atoms with Crippen LogP contribution in [0.15, 0.2) is 53.3 Å². The molecule has 0 aliphatic rings. The average Bonchev–Trinajstić information content (AvgIpc) is 3.31. The Morgan fingerprint density at radius 1 is 0.867 bits per heavy atom. The lowest BCUT2D eigenvalue weighted by atomic mass is 9.99. The summed E-state index contributed by atoms with van der Waals surface area (Å²) in [4.78, 5) is 25.6. The predicted molar refractivity (Wildman–Crippen MR) is 118 cm³/mol. The van der Waals surface area contributed by atoms with Crippen LogP contribution in [0.1, 0.15) is 25.0 Å². The first kappa shape index (κ1) is 19.8. The average molecular weight is 403 g/mol. The van der Waals surface area contributed by atoms with Crippen LogP contribution in [0, 0.1) is 0 Å². The minimum absolute atomic E-state index is 0.0155. The molecule has 2 aromatic carbocycles. The molecule has 0 bridgehead atoms. The zero-order valence-electron chi connectivity index (χ0n) is 17.2. The molecule has 3 N–H and O–H groups in total. The Kier molecular flexibility index (Phi) is 5.57. The summed E-state index contributed by atoms with van der Waals surface area (Å²) >= 11 is 0. The van der Waals surface area contributed by atoms with Crippen molar-refractivity contribution in [2.45, 2.75) is 26.7 Å². The SMILES string of the molecule is CC(=O)NCCc1c[nH]c2ccc(-c3ccc4occ(CCNC(C)=O)c4c3)cc12. The quantitative estimate of drug-likeness (QED) is 0.437. The van der Waals surface area contributed by atoms with E-state index in [1.165, 1.54) is 19.4 Å². The van der Waals surface area contributed by atoms with Crippen molar-refractivity contribution in [1.82, 2.24) is 15.6 Å². The molecule has 0 atom stereocenters. The number of aromatic nitrogens is 1. The van der Waals surface area contributed by atoms with E-state index < -0.39 is 0 Å². The lowest BCUT2D eigenvalue weighted by Gasteiger charge is -2.06. The van der Waals surface area contributed by atoms with Gasteiger partial charge in [-0.25, -0.2) is 0 Å². The van der Waals surface area contributed by atoms with Crippen LogP contribution in [0.4, 0.5) is 0 Å². The number of rotatable bonds is 7. The minimum Gasteiger partial charge on any atom is -0.464 e. The molecule has 0 spiro atoms. The molecule has 0 fully saturated rings. The number of benzene rings is 2. The van der Waals surface area contributed by atoms with Crippen molar-refractivity contribution in [2.75, 3.05) is 13.1 Å². The van der Waals surface area contributed by atoms with E-state index in [9.17, 15) is 9.59 Å². The van der Waals surface area contributed by atoms with Crippen molar-refractivity contribution < 1.29 is 14.0 Å². The first-order valence-corrected chi connectivity index (χ1v) is 10.1. The van der Waals surface area contributed by atoms with Gasteiger partial charge >= 0.3 is 0 Å². The summed E-state index contributed by atoms with van der Waals surface area (Å²) in [5, 5.41) is 7.91.